The molecule has 0 saturated heterocycles. The summed E-state index contributed by atoms with van der Waals surface area (Å²) in [6.07, 6.45) is 4.80. The molecule has 2 aromatic heterocycles. The van der Waals surface area contributed by atoms with Crippen molar-refractivity contribution in [3.63, 3.8) is 0 Å². The fourth-order valence-corrected chi connectivity index (χ4v) is 2.42. The topological polar surface area (TPSA) is 78.3 Å². The van der Waals surface area contributed by atoms with Crippen LogP contribution in [0, 0.1) is 5.82 Å². The Balaban J connectivity index is 1.73. The molecule has 0 radical (unpaired) electrons. The molecular weight excluding hydrogens is 339 g/mol. The van der Waals surface area contributed by atoms with E-state index in [1.165, 1.54) is 26.6 Å². The molecule has 0 fully saturated rings. The average molecular weight is 356 g/mol. The van der Waals surface area contributed by atoms with E-state index in [0.29, 0.717) is 18.1 Å². The number of pyridine rings is 1. The molecule has 0 atom stereocenters. The van der Waals surface area contributed by atoms with E-state index < -0.39 is 5.97 Å². The molecular formula is C18H17FN4O3. The number of aromatic nitrogens is 3. The first-order chi connectivity index (χ1) is 12.6. The lowest BCUT2D eigenvalue weighted by molar-refractivity contribution is 0.0596. The van der Waals surface area contributed by atoms with Crippen LogP contribution in [0.5, 0.6) is 5.88 Å². The second kappa shape index (κ2) is 7.64. The zero-order chi connectivity index (χ0) is 18.5. The van der Waals surface area contributed by atoms with Crippen LogP contribution in [0.4, 0.5) is 10.2 Å². The monoisotopic (exact) mass is 356 g/mol. The molecule has 1 aromatic carbocycles. The second-order valence-electron chi connectivity index (χ2n) is 5.35. The van der Waals surface area contributed by atoms with Gasteiger partial charge in [-0.15, -0.1) is 0 Å². The molecule has 0 unspecified atom stereocenters. The lowest BCUT2D eigenvalue weighted by Crippen LogP contribution is -2.08. The molecule has 3 rings (SSSR count). The second-order valence-corrected chi connectivity index (χ2v) is 5.35. The Kier molecular flexibility index (Phi) is 5.12. The van der Waals surface area contributed by atoms with Crippen molar-refractivity contribution in [2.45, 2.75) is 6.54 Å². The predicted octanol–water partition coefficient (Wildman–Crippen LogP) is 2.81. The fraction of sp³-hybridized carbons (Fsp3) is 0.167. The van der Waals surface area contributed by atoms with E-state index in [1.54, 1.807) is 35.2 Å². The third-order valence-corrected chi connectivity index (χ3v) is 3.73. The smallest absolute Gasteiger partial charge is 0.343 e. The van der Waals surface area contributed by atoms with Gasteiger partial charge in [0, 0.05) is 18.9 Å². The number of imidazole rings is 1. The van der Waals surface area contributed by atoms with Gasteiger partial charge in [-0.2, -0.15) is 4.98 Å². The van der Waals surface area contributed by atoms with Gasteiger partial charge in [-0.3, -0.25) is 0 Å². The number of nitrogens with one attached hydrogen (secondary N) is 1. The van der Waals surface area contributed by atoms with Crippen molar-refractivity contribution in [2.75, 3.05) is 19.5 Å². The van der Waals surface area contributed by atoms with Crippen LogP contribution in [-0.2, 0) is 11.3 Å². The average Bonchev–Trinajstić information content (AvgIpc) is 3.20. The van der Waals surface area contributed by atoms with E-state index >= 15 is 0 Å². The largest absolute Gasteiger partial charge is 0.480 e. The van der Waals surface area contributed by atoms with Gasteiger partial charge >= 0.3 is 5.97 Å². The first-order valence-corrected chi connectivity index (χ1v) is 7.76. The van der Waals surface area contributed by atoms with Crippen molar-refractivity contribution in [2.24, 2.45) is 0 Å². The molecule has 0 aliphatic rings. The molecule has 3 aromatic rings. The maximum Gasteiger partial charge on any atom is 0.343 e. The number of carbonyl (C=O) groups is 1. The lowest BCUT2D eigenvalue weighted by atomic mass is 10.2. The van der Waals surface area contributed by atoms with Crippen LogP contribution >= 0.6 is 0 Å². The van der Waals surface area contributed by atoms with E-state index in [-0.39, 0.29) is 17.3 Å². The fourth-order valence-electron chi connectivity index (χ4n) is 2.42. The van der Waals surface area contributed by atoms with Gasteiger partial charge < -0.3 is 19.4 Å². The SMILES string of the molecule is COC(=O)c1ccc(NCc2ccc(-n3ccnc3)c(F)c2)nc1OC. The number of nitrogens with zero attached hydrogens (tertiary/aromatic N) is 3. The molecule has 1 N–H and O–H groups in total. The minimum absolute atomic E-state index is 0.156. The van der Waals surface area contributed by atoms with Crippen LogP contribution in [0.3, 0.4) is 0 Å². The first kappa shape index (κ1) is 17.4. The minimum Gasteiger partial charge on any atom is -0.480 e. The molecule has 2 heterocycles. The van der Waals surface area contributed by atoms with Gasteiger partial charge in [-0.25, -0.2) is 14.2 Å². The van der Waals surface area contributed by atoms with Crippen LogP contribution in [0.2, 0.25) is 0 Å². The minimum atomic E-state index is -0.530. The number of hydrogen-bond acceptors (Lipinski definition) is 6. The molecule has 0 bridgehead atoms. The van der Waals surface area contributed by atoms with Gasteiger partial charge in [0.2, 0.25) is 5.88 Å². The number of esters is 1. The molecule has 0 saturated carbocycles. The Hall–Kier alpha value is -3.42. The molecule has 7 nitrogen and oxygen atoms in total. The molecule has 26 heavy (non-hydrogen) atoms. The number of hydrogen-bond donors (Lipinski definition) is 1. The third kappa shape index (κ3) is 3.64. The number of anilines is 1. The van der Waals surface area contributed by atoms with Gasteiger partial charge in [0.25, 0.3) is 0 Å². The maximum atomic E-state index is 14.3. The van der Waals surface area contributed by atoms with Gasteiger partial charge in [0.1, 0.15) is 17.2 Å². The van der Waals surface area contributed by atoms with Crippen LogP contribution in [0.1, 0.15) is 15.9 Å². The maximum absolute atomic E-state index is 14.3. The summed E-state index contributed by atoms with van der Waals surface area (Å²) in [4.78, 5) is 19.8. The molecule has 0 aliphatic carbocycles. The Labute approximate surface area is 149 Å². The highest BCUT2D eigenvalue weighted by molar-refractivity contribution is 5.92. The lowest BCUT2D eigenvalue weighted by Gasteiger charge is -2.11. The summed E-state index contributed by atoms with van der Waals surface area (Å²) in [5.74, 6) is -0.232. The molecule has 8 heteroatoms. The Morgan fingerprint density at radius 3 is 2.77 bits per heavy atom. The molecule has 134 valence electrons. The van der Waals surface area contributed by atoms with Gasteiger partial charge in [0.05, 0.1) is 26.2 Å². The van der Waals surface area contributed by atoms with E-state index in [1.807, 2.05) is 6.07 Å². The highest BCUT2D eigenvalue weighted by Crippen LogP contribution is 2.20. The number of halogens is 1. The highest BCUT2D eigenvalue weighted by atomic mass is 19.1. The van der Waals surface area contributed by atoms with Crippen molar-refractivity contribution < 1.29 is 18.7 Å². The summed E-state index contributed by atoms with van der Waals surface area (Å²) in [5, 5.41) is 3.07. The van der Waals surface area contributed by atoms with Crippen molar-refractivity contribution in [3.05, 3.63) is 66.0 Å². The Morgan fingerprint density at radius 1 is 1.27 bits per heavy atom. The van der Waals surface area contributed by atoms with Gasteiger partial charge in [-0.1, -0.05) is 6.07 Å². The molecule has 0 aliphatic heterocycles. The number of rotatable bonds is 6. The van der Waals surface area contributed by atoms with Crippen molar-refractivity contribution in [3.8, 4) is 11.6 Å². The van der Waals surface area contributed by atoms with Crippen molar-refractivity contribution >= 4 is 11.8 Å². The summed E-state index contributed by atoms with van der Waals surface area (Å²) in [6, 6.07) is 8.13. The van der Waals surface area contributed by atoms with Crippen molar-refractivity contribution in [1.82, 2.24) is 14.5 Å². The number of benzene rings is 1. The first-order valence-electron chi connectivity index (χ1n) is 7.76. The standard InChI is InChI=1S/C18H17FN4O3/c1-25-17-13(18(24)26-2)4-6-16(22-17)21-10-12-3-5-15(14(19)9-12)23-8-7-20-11-23/h3-9,11H,10H2,1-2H3,(H,21,22). The van der Waals surface area contributed by atoms with Crippen molar-refractivity contribution in [1.29, 1.82) is 0 Å². The van der Waals surface area contributed by atoms with Gasteiger partial charge in [-0.05, 0) is 29.8 Å². The summed E-state index contributed by atoms with van der Waals surface area (Å²) in [7, 11) is 2.71. The van der Waals surface area contributed by atoms with Gasteiger partial charge in [0.15, 0.2) is 0 Å². The van der Waals surface area contributed by atoms with E-state index in [2.05, 4.69) is 20.0 Å². The Morgan fingerprint density at radius 2 is 2.12 bits per heavy atom. The summed E-state index contributed by atoms with van der Waals surface area (Å²) < 4.78 is 25.7. The molecule has 0 spiro atoms. The van der Waals surface area contributed by atoms with Crippen LogP contribution in [0.15, 0.2) is 49.1 Å². The number of methoxy groups -OCH3 is 2. The summed E-state index contributed by atoms with van der Waals surface area (Å²) in [6.45, 7) is 0.356. The Bertz CT molecular complexity index is 913. The molecule has 0 amide bonds. The zero-order valence-corrected chi connectivity index (χ0v) is 14.3. The summed E-state index contributed by atoms with van der Waals surface area (Å²) in [5.41, 5.74) is 1.40. The zero-order valence-electron chi connectivity index (χ0n) is 14.3. The van der Waals surface area contributed by atoms with E-state index in [9.17, 15) is 9.18 Å². The van der Waals surface area contributed by atoms with E-state index in [4.69, 9.17) is 4.74 Å². The van der Waals surface area contributed by atoms with Crippen LogP contribution < -0.4 is 10.1 Å². The summed E-state index contributed by atoms with van der Waals surface area (Å²) >= 11 is 0. The third-order valence-electron chi connectivity index (χ3n) is 3.73. The quantitative estimate of drug-likeness (QED) is 0.684. The predicted molar refractivity (Wildman–Crippen MR) is 93.0 cm³/mol. The number of carbonyl (C=O) groups excluding carboxylic acids is 1. The van der Waals surface area contributed by atoms with Crippen LogP contribution in [-0.4, -0.2) is 34.7 Å². The highest BCUT2D eigenvalue weighted by Gasteiger charge is 2.14. The number of ether oxygens (including phenoxy) is 2. The normalized spacial score (nSPS) is 10.4. The van der Waals surface area contributed by atoms with E-state index in [0.717, 1.165) is 5.56 Å². The van der Waals surface area contributed by atoms with Crippen LogP contribution in [0.25, 0.3) is 5.69 Å².